The molecule has 3 atom stereocenters. The van der Waals surface area contributed by atoms with Crippen LogP contribution in [0.25, 0.3) is 0 Å². The SMILES string of the molecule is CC(C)CC(NN)C12CC3CC(CC(C)(C3)C1)C2. The van der Waals surface area contributed by atoms with Gasteiger partial charge in [0.15, 0.2) is 0 Å². The Kier molecular flexibility index (Phi) is 3.02. The predicted molar refractivity (Wildman–Crippen MR) is 75.8 cm³/mol. The van der Waals surface area contributed by atoms with Gasteiger partial charge >= 0.3 is 0 Å². The van der Waals surface area contributed by atoms with Crippen LogP contribution >= 0.6 is 0 Å². The van der Waals surface area contributed by atoms with Gasteiger partial charge in [0.1, 0.15) is 0 Å². The van der Waals surface area contributed by atoms with Crippen molar-refractivity contribution < 1.29 is 0 Å². The number of hydrazine groups is 1. The molecule has 0 aromatic rings. The molecule has 0 heterocycles. The fourth-order valence-electron chi connectivity index (χ4n) is 6.17. The van der Waals surface area contributed by atoms with E-state index in [2.05, 4.69) is 26.2 Å². The summed E-state index contributed by atoms with van der Waals surface area (Å²) < 4.78 is 0. The summed E-state index contributed by atoms with van der Waals surface area (Å²) in [4.78, 5) is 0. The maximum atomic E-state index is 5.94. The van der Waals surface area contributed by atoms with E-state index in [9.17, 15) is 0 Å². The molecule has 4 aliphatic rings. The van der Waals surface area contributed by atoms with Crippen molar-refractivity contribution in [1.29, 1.82) is 0 Å². The van der Waals surface area contributed by atoms with Gasteiger partial charge in [0.05, 0.1) is 0 Å². The summed E-state index contributed by atoms with van der Waals surface area (Å²) in [5.41, 5.74) is 4.37. The molecule has 3 unspecified atom stereocenters. The summed E-state index contributed by atoms with van der Waals surface area (Å²) in [5.74, 6) is 8.68. The van der Waals surface area contributed by atoms with Crippen molar-refractivity contribution in [3.05, 3.63) is 0 Å². The fraction of sp³-hybridized carbons (Fsp3) is 1.00. The molecule has 0 saturated heterocycles. The lowest BCUT2D eigenvalue weighted by atomic mass is 9.43. The monoisotopic (exact) mass is 250 g/mol. The van der Waals surface area contributed by atoms with Crippen molar-refractivity contribution in [2.24, 2.45) is 34.4 Å². The van der Waals surface area contributed by atoms with Crippen LogP contribution in [-0.2, 0) is 0 Å². The molecule has 2 heteroatoms. The number of hydrogen-bond acceptors (Lipinski definition) is 2. The fourth-order valence-corrected chi connectivity index (χ4v) is 6.17. The summed E-state index contributed by atoms with van der Waals surface area (Å²) in [6, 6.07) is 0.544. The Morgan fingerprint density at radius 2 is 1.78 bits per heavy atom. The Balaban J connectivity index is 1.85. The van der Waals surface area contributed by atoms with Crippen molar-refractivity contribution in [2.45, 2.75) is 71.8 Å². The third-order valence-electron chi connectivity index (χ3n) is 6.05. The van der Waals surface area contributed by atoms with Gasteiger partial charge in [-0.15, -0.1) is 0 Å². The molecule has 0 amide bonds. The Morgan fingerprint density at radius 3 is 2.22 bits per heavy atom. The molecular formula is C16H30N2. The highest BCUT2D eigenvalue weighted by Crippen LogP contribution is 2.66. The van der Waals surface area contributed by atoms with Crippen molar-refractivity contribution in [2.75, 3.05) is 0 Å². The molecule has 18 heavy (non-hydrogen) atoms. The van der Waals surface area contributed by atoms with E-state index in [1.54, 1.807) is 0 Å². The van der Waals surface area contributed by atoms with Gasteiger partial charge in [0.2, 0.25) is 0 Å². The standard InChI is InChI=1S/C16H30N2/c1-11(2)4-14(18-17)16-8-12-5-13(9-16)7-15(3,6-12)10-16/h11-14,18H,4-10,17H2,1-3H3. The first kappa shape index (κ1) is 12.9. The number of hydrogen-bond donors (Lipinski definition) is 2. The minimum absolute atomic E-state index is 0.526. The van der Waals surface area contributed by atoms with Gasteiger partial charge in [-0.05, 0) is 73.5 Å². The molecule has 2 nitrogen and oxygen atoms in total. The lowest BCUT2D eigenvalue weighted by Gasteiger charge is -2.63. The molecule has 0 radical (unpaired) electrons. The Morgan fingerprint density at radius 1 is 1.17 bits per heavy atom. The smallest absolute Gasteiger partial charge is 0.0269 e. The van der Waals surface area contributed by atoms with E-state index < -0.39 is 0 Å². The van der Waals surface area contributed by atoms with Crippen molar-refractivity contribution in [3.63, 3.8) is 0 Å². The second-order valence-corrected chi connectivity index (χ2v) is 8.48. The molecule has 4 saturated carbocycles. The third-order valence-corrected chi connectivity index (χ3v) is 6.05. The topological polar surface area (TPSA) is 38.0 Å². The lowest BCUT2D eigenvalue weighted by molar-refractivity contribution is -0.120. The molecular weight excluding hydrogens is 220 g/mol. The highest BCUT2D eigenvalue weighted by molar-refractivity contribution is 5.09. The minimum atomic E-state index is 0.526. The highest BCUT2D eigenvalue weighted by atomic mass is 15.2. The number of nitrogens with two attached hydrogens (primary N) is 1. The van der Waals surface area contributed by atoms with Crippen LogP contribution in [-0.4, -0.2) is 6.04 Å². The number of nitrogens with one attached hydrogen (secondary N) is 1. The summed E-state index contributed by atoms with van der Waals surface area (Å²) >= 11 is 0. The van der Waals surface area contributed by atoms with Gasteiger partial charge in [-0.1, -0.05) is 20.8 Å². The van der Waals surface area contributed by atoms with Crippen LogP contribution in [0.4, 0.5) is 0 Å². The molecule has 0 aliphatic heterocycles. The first-order chi connectivity index (χ1) is 8.45. The van der Waals surface area contributed by atoms with Gasteiger partial charge in [-0.3, -0.25) is 11.3 Å². The van der Waals surface area contributed by atoms with E-state index in [1.165, 1.54) is 44.9 Å². The van der Waals surface area contributed by atoms with Gasteiger partial charge in [-0.25, -0.2) is 0 Å². The van der Waals surface area contributed by atoms with Gasteiger partial charge in [0, 0.05) is 6.04 Å². The van der Waals surface area contributed by atoms with Crippen LogP contribution in [0.3, 0.4) is 0 Å². The van der Waals surface area contributed by atoms with Gasteiger partial charge < -0.3 is 0 Å². The quantitative estimate of drug-likeness (QED) is 0.592. The first-order valence-corrected chi connectivity index (χ1v) is 7.91. The van der Waals surface area contributed by atoms with E-state index in [4.69, 9.17) is 5.84 Å². The normalized spacial score (nSPS) is 47.8. The zero-order valence-corrected chi connectivity index (χ0v) is 12.3. The zero-order valence-electron chi connectivity index (χ0n) is 12.3. The predicted octanol–water partition coefficient (Wildman–Crippen LogP) is 3.47. The summed E-state index contributed by atoms with van der Waals surface area (Å²) in [5, 5.41) is 0. The van der Waals surface area contributed by atoms with E-state index in [-0.39, 0.29) is 0 Å². The van der Waals surface area contributed by atoms with Crippen LogP contribution < -0.4 is 11.3 Å². The van der Waals surface area contributed by atoms with Crippen LogP contribution in [0, 0.1) is 28.6 Å². The molecule has 4 fully saturated rings. The maximum Gasteiger partial charge on any atom is 0.0269 e. The van der Waals surface area contributed by atoms with Crippen LogP contribution in [0.1, 0.15) is 65.7 Å². The Bertz CT molecular complexity index is 309. The summed E-state index contributed by atoms with van der Waals surface area (Å²) in [6.07, 6.45) is 10.0. The van der Waals surface area contributed by atoms with E-state index in [0.717, 1.165) is 17.8 Å². The van der Waals surface area contributed by atoms with Crippen molar-refractivity contribution >= 4 is 0 Å². The van der Waals surface area contributed by atoms with Gasteiger partial charge in [-0.2, -0.15) is 0 Å². The summed E-state index contributed by atoms with van der Waals surface area (Å²) in [6.45, 7) is 7.20. The average Bonchev–Trinajstić information content (AvgIpc) is 2.21. The lowest BCUT2D eigenvalue weighted by Crippen LogP contribution is -2.60. The van der Waals surface area contributed by atoms with E-state index >= 15 is 0 Å². The molecule has 3 N–H and O–H groups in total. The molecule has 0 spiro atoms. The second kappa shape index (κ2) is 4.21. The van der Waals surface area contributed by atoms with Crippen molar-refractivity contribution in [1.82, 2.24) is 5.43 Å². The minimum Gasteiger partial charge on any atom is -0.271 e. The van der Waals surface area contributed by atoms with Gasteiger partial charge in [0.25, 0.3) is 0 Å². The van der Waals surface area contributed by atoms with Crippen LogP contribution in [0.15, 0.2) is 0 Å². The Labute approximate surface area is 112 Å². The number of rotatable bonds is 4. The highest BCUT2D eigenvalue weighted by Gasteiger charge is 2.58. The molecule has 4 aliphatic carbocycles. The molecule has 4 rings (SSSR count). The van der Waals surface area contributed by atoms with Crippen LogP contribution in [0.2, 0.25) is 0 Å². The molecule has 0 aromatic carbocycles. The Hall–Kier alpha value is -0.0800. The molecule has 4 bridgehead atoms. The first-order valence-electron chi connectivity index (χ1n) is 7.91. The molecule has 104 valence electrons. The zero-order chi connectivity index (χ0) is 13.0. The van der Waals surface area contributed by atoms with Crippen molar-refractivity contribution in [3.8, 4) is 0 Å². The second-order valence-electron chi connectivity index (χ2n) is 8.48. The van der Waals surface area contributed by atoms with E-state index in [0.29, 0.717) is 16.9 Å². The third kappa shape index (κ3) is 2.02. The van der Waals surface area contributed by atoms with Crippen LogP contribution in [0.5, 0.6) is 0 Å². The van der Waals surface area contributed by atoms with E-state index in [1.807, 2.05) is 0 Å². The maximum absolute atomic E-state index is 5.94. The molecule has 0 aromatic heterocycles. The summed E-state index contributed by atoms with van der Waals surface area (Å²) in [7, 11) is 0. The average molecular weight is 250 g/mol. The largest absolute Gasteiger partial charge is 0.271 e.